The Bertz CT molecular complexity index is 987. The minimum atomic E-state index is -3.21. The number of sulfone groups is 1. The molecule has 0 bridgehead atoms. The predicted octanol–water partition coefficient (Wildman–Crippen LogP) is 3.60. The summed E-state index contributed by atoms with van der Waals surface area (Å²) in [6.07, 6.45) is 2.66. The van der Waals surface area contributed by atoms with Crippen LogP contribution < -0.4 is 0 Å². The average Bonchev–Trinajstić information content (AvgIpc) is 3.06. The molecule has 0 spiro atoms. The SMILES string of the molecule is CCCSc1ncc(Cl)c(C(=O)N(Cc2ccc(F)cc2)[C@H]2CCS(=O)(=O)C2)n1. The molecular formula is C19H21ClFN3O3S2. The number of benzene rings is 1. The van der Waals surface area contributed by atoms with Gasteiger partial charge in [-0.15, -0.1) is 0 Å². The minimum absolute atomic E-state index is 0.0278. The molecule has 0 radical (unpaired) electrons. The van der Waals surface area contributed by atoms with Gasteiger partial charge in [-0.2, -0.15) is 0 Å². The molecular weight excluding hydrogens is 437 g/mol. The molecule has 1 atom stereocenters. The molecule has 1 aliphatic rings. The highest BCUT2D eigenvalue weighted by molar-refractivity contribution is 7.99. The molecule has 1 amide bonds. The van der Waals surface area contributed by atoms with Gasteiger partial charge in [0.1, 0.15) is 5.82 Å². The van der Waals surface area contributed by atoms with Gasteiger partial charge in [0.15, 0.2) is 20.7 Å². The highest BCUT2D eigenvalue weighted by Crippen LogP contribution is 2.25. The van der Waals surface area contributed by atoms with E-state index < -0.39 is 21.8 Å². The predicted molar refractivity (Wildman–Crippen MR) is 111 cm³/mol. The molecule has 1 aliphatic heterocycles. The maximum absolute atomic E-state index is 13.3. The molecule has 1 fully saturated rings. The molecule has 1 aromatic carbocycles. The second-order valence-corrected chi connectivity index (χ2v) is 10.5. The fraction of sp³-hybridized carbons (Fsp3) is 0.421. The summed E-state index contributed by atoms with van der Waals surface area (Å²) >= 11 is 7.63. The number of amides is 1. The number of hydrogen-bond donors (Lipinski definition) is 0. The number of hydrogen-bond acceptors (Lipinski definition) is 6. The Hall–Kier alpha value is -1.71. The smallest absolute Gasteiger partial charge is 0.274 e. The largest absolute Gasteiger partial charge is 0.329 e. The van der Waals surface area contributed by atoms with E-state index >= 15 is 0 Å². The van der Waals surface area contributed by atoms with E-state index in [9.17, 15) is 17.6 Å². The topological polar surface area (TPSA) is 80.2 Å². The van der Waals surface area contributed by atoms with Crippen LogP contribution in [0.5, 0.6) is 0 Å². The number of carbonyl (C=O) groups excluding carboxylic acids is 1. The highest BCUT2D eigenvalue weighted by atomic mass is 35.5. The summed E-state index contributed by atoms with van der Waals surface area (Å²) in [4.78, 5) is 23.3. The molecule has 1 saturated heterocycles. The van der Waals surface area contributed by atoms with Crippen LogP contribution in [0.1, 0.15) is 35.8 Å². The van der Waals surface area contributed by atoms with Crippen LogP contribution in [0.3, 0.4) is 0 Å². The van der Waals surface area contributed by atoms with Crippen molar-refractivity contribution in [3.63, 3.8) is 0 Å². The van der Waals surface area contributed by atoms with Gasteiger partial charge < -0.3 is 4.90 Å². The summed E-state index contributed by atoms with van der Waals surface area (Å²) in [6.45, 7) is 2.16. The molecule has 6 nitrogen and oxygen atoms in total. The lowest BCUT2D eigenvalue weighted by Gasteiger charge is -2.28. The van der Waals surface area contributed by atoms with E-state index in [0.717, 1.165) is 12.2 Å². The number of thioether (sulfide) groups is 1. The quantitative estimate of drug-likeness (QED) is 0.466. The molecule has 0 aliphatic carbocycles. The molecule has 0 N–H and O–H groups in total. The van der Waals surface area contributed by atoms with Crippen molar-refractivity contribution in [2.24, 2.45) is 0 Å². The van der Waals surface area contributed by atoms with Gasteiger partial charge >= 0.3 is 0 Å². The van der Waals surface area contributed by atoms with E-state index in [4.69, 9.17) is 11.6 Å². The number of carbonyl (C=O) groups is 1. The van der Waals surface area contributed by atoms with Crippen LogP contribution in [-0.4, -0.2) is 52.5 Å². The van der Waals surface area contributed by atoms with E-state index in [1.54, 1.807) is 12.1 Å². The van der Waals surface area contributed by atoms with Crippen LogP contribution in [0.2, 0.25) is 5.02 Å². The lowest BCUT2D eigenvalue weighted by molar-refractivity contribution is 0.0674. The van der Waals surface area contributed by atoms with Gasteiger partial charge in [0.05, 0.1) is 22.7 Å². The summed E-state index contributed by atoms with van der Waals surface area (Å²) in [7, 11) is -3.21. The van der Waals surface area contributed by atoms with Gasteiger partial charge in [0, 0.05) is 18.3 Å². The molecule has 0 saturated carbocycles. The summed E-state index contributed by atoms with van der Waals surface area (Å²) < 4.78 is 37.2. The maximum Gasteiger partial charge on any atom is 0.274 e. The van der Waals surface area contributed by atoms with Crippen molar-refractivity contribution in [2.75, 3.05) is 17.3 Å². The molecule has 1 aromatic heterocycles. The Kier molecular flexibility index (Phi) is 7.13. The summed E-state index contributed by atoms with van der Waals surface area (Å²) in [5.41, 5.74) is 0.737. The first-order valence-corrected chi connectivity index (χ1v) is 12.4. The van der Waals surface area contributed by atoms with Gasteiger partial charge in [-0.3, -0.25) is 4.79 Å². The van der Waals surface area contributed by atoms with E-state index in [1.165, 1.54) is 35.0 Å². The fourth-order valence-corrected chi connectivity index (χ4v) is 5.65. The Morgan fingerprint density at radius 1 is 1.34 bits per heavy atom. The molecule has 0 unspecified atom stereocenters. The standard InChI is InChI=1S/C19H21ClFN3O3S2/c1-2-8-28-19-22-10-16(20)17(23-19)18(25)24(15-7-9-29(26,27)12-15)11-13-3-5-14(21)6-4-13/h3-6,10,15H,2,7-9,11-12H2,1H3/t15-/m0/s1. The number of rotatable bonds is 7. The second kappa shape index (κ2) is 9.40. The van der Waals surface area contributed by atoms with Crippen LogP contribution in [0.25, 0.3) is 0 Å². The Morgan fingerprint density at radius 2 is 2.07 bits per heavy atom. The van der Waals surface area contributed by atoms with Gasteiger partial charge in [-0.05, 0) is 30.5 Å². The van der Waals surface area contributed by atoms with Gasteiger partial charge in [0.2, 0.25) is 0 Å². The van der Waals surface area contributed by atoms with Crippen molar-refractivity contribution in [3.8, 4) is 0 Å². The van der Waals surface area contributed by atoms with Crippen molar-refractivity contribution in [2.45, 2.75) is 37.5 Å². The Labute approximate surface area is 178 Å². The van der Waals surface area contributed by atoms with Crippen molar-refractivity contribution in [1.29, 1.82) is 0 Å². The monoisotopic (exact) mass is 457 g/mol. The van der Waals surface area contributed by atoms with Crippen LogP contribution in [0.15, 0.2) is 35.6 Å². The molecule has 29 heavy (non-hydrogen) atoms. The van der Waals surface area contributed by atoms with E-state index in [0.29, 0.717) is 17.1 Å². The van der Waals surface area contributed by atoms with E-state index in [-0.39, 0.29) is 34.6 Å². The first-order valence-electron chi connectivity index (χ1n) is 9.20. The summed E-state index contributed by atoms with van der Waals surface area (Å²) in [5, 5.41) is 0.557. The fourth-order valence-electron chi connectivity index (χ4n) is 3.07. The average molecular weight is 458 g/mol. The number of nitrogens with zero attached hydrogens (tertiary/aromatic N) is 3. The molecule has 10 heteroatoms. The summed E-state index contributed by atoms with van der Waals surface area (Å²) in [6, 6.07) is 5.27. The van der Waals surface area contributed by atoms with Gasteiger partial charge in [0.25, 0.3) is 5.91 Å². The third-order valence-electron chi connectivity index (χ3n) is 4.54. The Balaban J connectivity index is 1.92. The minimum Gasteiger partial charge on any atom is -0.329 e. The third-order valence-corrected chi connectivity index (χ3v) is 7.63. The van der Waals surface area contributed by atoms with Crippen molar-refractivity contribution >= 4 is 39.1 Å². The van der Waals surface area contributed by atoms with Crippen LogP contribution in [-0.2, 0) is 16.4 Å². The second-order valence-electron chi connectivity index (χ2n) is 6.81. The van der Waals surface area contributed by atoms with Gasteiger partial charge in [-0.1, -0.05) is 42.4 Å². The number of aromatic nitrogens is 2. The number of halogens is 2. The van der Waals surface area contributed by atoms with Crippen LogP contribution >= 0.6 is 23.4 Å². The molecule has 2 aromatic rings. The zero-order chi connectivity index (χ0) is 21.0. The van der Waals surface area contributed by atoms with Crippen molar-refractivity contribution < 1.29 is 17.6 Å². The first-order chi connectivity index (χ1) is 13.8. The van der Waals surface area contributed by atoms with E-state index in [2.05, 4.69) is 9.97 Å². The third kappa shape index (κ3) is 5.67. The molecule has 3 rings (SSSR count). The van der Waals surface area contributed by atoms with Crippen molar-refractivity contribution in [1.82, 2.24) is 14.9 Å². The van der Waals surface area contributed by atoms with E-state index in [1.807, 2.05) is 6.92 Å². The first kappa shape index (κ1) is 22.0. The van der Waals surface area contributed by atoms with Gasteiger partial charge in [-0.25, -0.2) is 22.8 Å². The zero-order valence-electron chi connectivity index (χ0n) is 15.8. The maximum atomic E-state index is 13.3. The van der Waals surface area contributed by atoms with Crippen molar-refractivity contribution in [3.05, 3.63) is 52.6 Å². The van der Waals surface area contributed by atoms with Crippen LogP contribution in [0.4, 0.5) is 4.39 Å². The Morgan fingerprint density at radius 3 is 2.69 bits per heavy atom. The zero-order valence-corrected chi connectivity index (χ0v) is 18.2. The summed E-state index contributed by atoms with van der Waals surface area (Å²) in [5.74, 6) is -0.121. The lowest BCUT2D eigenvalue weighted by atomic mass is 10.1. The van der Waals surface area contributed by atoms with Crippen LogP contribution in [0, 0.1) is 5.82 Å². The molecule has 2 heterocycles. The normalized spacial score (nSPS) is 18.0. The highest BCUT2D eigenvalue weighted by Gasteiger charge is 2.36. The lowest BCUT2D eigenvalue weighted by Crippen LogP contribution is -2.41. The molecule has 156 valence electrons.